The predicted octanol–water partition coefficient (Wildman–Crippen LogP) is 3.60. The molecule has 1 heterocycles. The van der Waals surface area contributed by atoms with Crippen molar-refractivity contribution in [3.05, 3.63) is 30.1 Å². The van der Waals surface area contributed by atoms with Gasteiger partial charge in [-0.3, -0.25) is 0 Å². The van der Waals surface area contributed by atoms with Gasteiger partial charge in [-0.05, 0) is 36.6 Å². The molecule has 0 radical (unpaired) electrons. The number of aromatic nitrogens is 2. The van der Waals surface area contributed by atoms with E-state index in [4.69, 9.17) is 4.74 Å². The fraction of sp³-hybridized carbons (Fsp3) is 0.588. The molecule has 1 N–H and O–H groups in total. The van der Waals surface area contributed by atoms with Crippen molar-refractivity contribution in [2.75, 3.05) is 6.61 Å². The van der Waals surface area contributed by atoms with Crippen molar-refractivity contribution in [2.24, 2.45) is 0 Å². The highest BCUT2D eigenvalue weighted by molar-refractivity contribution is 6.76. The van der Waals surface area contributed by atoms with Crippen LogP contribution in [0.25, 0.3) is 11.0 Å². The summed E-state index contributed by atoms with van der Waals surface area (Å²) in [6.07, 6.45) is 4.54. The molecule has 120 valence electrons. The first-order valence-electron chi connectivity index (χ1n) is 8.26. The van der Waals surface area contributed by atoms with Gasteiger partial charge in [-0.15, -0.1) is 0 Å². The zero-order chi connectivity index (χ0) is 15.6. The number of nitrogens with one attached hydrogen (secondary N) is 1. The lowest BCUT2D eigenvalue weighted by Gasteiger charge is -2.15. The summed E-state index contributed by atoms with van der Waals surface area (Å²) in [7, 11) is -1.02. The summed E-state index contributed by atoms with van der Waals surface area (Å²) < 4.78 is 7.96. The van der Waals surface area contributed by atoms with E-state index in [2.05, 4.69) is 52.7 Å². The van der Waals surface area contributed by atoms with Crippen LogP contribution >= 0.6 is 0 Å². The molecule has 0 bridgehead atoms. The van der Waals surface area contributed by atoms with Crippen molar-refractivity contribution in [3.8, 4) is 0 Å². The standard InChI is InChI=1S/C17H27N3OSi/c1-22(2,3)9-8-21-13-20-12-19-16-7-4-14(10-17(16)20)11-18-15-5-6-15/h4,7,10,12,15,18H,5-6,8-9,11,13H2,1-3H3. The third kappa shape index (κ3) is 4.41. The molecule has 4 nitrogen and oxygen atoms in total. The Morgan fingerprint density at radius 2 is 2.14 bits per heavy atom. The topological polar surface area (TPSA) is 39.1 Å². The fourth-order valence-electron chi connectivity index (χ4n) is 2.41. The Kier molecular flexibility index (Phi) is 4.66. The largest absolute Gasteiger partial charge is 0.361 e. The van der Waals surface area contributed by atoms with Gasteiger partial charge in [0.1, 0.15) is 6.73 Å². The lowest BCUT2D eigenvalue weighted by Crippen LogP contribution is -2.22. The van der Waals surface area contributed by atoms with Crippen LogP contribution in [-0.4, -0.2) is 30.3 Å². The molecule has 0 atom stereocenters. The van der Waals surface area contributed by atoms with E-state index in [9.17, 15) is 0 Å². The number of hydrogen-bond donors (Lipinski definition) is 1. The molecule has 1 aliphatic rings. The summed E-state index contributed by atoms with van der Waals surface area (Å²) in [5, 5.41) is 3.56. The van der Waals surface area contributed by atoms with Gasteiger partial charge in [0.25, 0.3) is 0 Å². The second-order valence-electron chi connectivity index (χ2n) is 7.54. The van der Waals surface area contributed by atoms with Gasteiger partial charge in [-0.1, -0.05) is 25.7 Å². The van der Waals surface area contributed by atoms with E-state index in [0.717, 1.165) is 24.7 Å². The number of rotatable bonds is 8. The first-order valence-corrected chi connectivity index (χ1v) is 12.0. The Balaban J connectivity index is 1.60. The second-order valence-corrected chi connectivity index (χ2v) is 13.2. The SMILES string of the molecule is C[Si](C)(C)CCOCn1cnc2ccc(CNC3CC3)cc21. The van der Waals surface area contributed by atoms with Gasteiger partial charge in [-0.25, -0.2) is 4.98 Å². The summed E-state index contributed by atoms with van der Waals surface area (Å²) in [5.74, 6) is 0. The molecular weight excluding hydrogens is 290 g/mol. The average molecular weight is 318 g/mol. The number of imidazole rings is 1. The molecule has 5 heteroatoms. The van der Waals surface area contributed by atoms with E-state index >= 15 is 0 Å². The molecular formula is C17H27N3OSi. The first kappa shape index (κ1) is 15.7. The molecule has 1 aliphatic carbocycles. The Hall–Kier alpha value is -1.17. The molecule has 1 saturated carbocycles. The molecule has 1 fully saturated rings. The van der Waals surface area contributed by atoms with E-state index in [1.807, 2.05) is 6.33 Å². The van der Waals surface area contributed by atoms with Crippen molar-refractivity contribution < 1.29 is 4.74 Å². The zero-order valence-electron chi connectivity index (χ0n) is 13.9. The third-order valence-electron chi connectivity index (χ3n) is 4.08. The van der Waals surface area contributed by atoms with Crippen LogP contribution in [0.15, 0.2) is 24.5 Å². The molecule has 0 spiro atoms. The van der Waals surface area contributed by atoms with Crippen molar-refractivity contribution >= 4 is 19.1 Å². The van der Waals surface area contributed by atoms with Gasteiger partial charge in [0, 0.05) is 27.3 Å². The van der Waals surface area contributed by atoms with Gasteiger partial charge in [-0.2, -0.15) is 0 Å². The quantitative estimate of drug-likeness (QED) is 0.597. The molecule has 22 heavy (non-hydrogen) atoms. The van der Waals surface area contributed by atoms with E-state index in [1.165, 1.54) is 30.0 Å². The van der Waals surface area contributed by atoms with Gasteiger partial charge < -0.3 is 14.6 Å². The van der Waals surface area contributed by atoms with Gasteiger partial charge in [0.2, 0.25) is 0 Å². The molecule has 0 saturated heterocycles. The van der Waals surface area contributed by atoms with Crippen molar-refractivity contribution in [1.29, 1.82) is 0 Å². The summed E-state index contributed by atoms with van der Waals surface area (Å²) in [6.45, 7) is 9.52. The van der Waals surface area contributed by atoms with Crippen LogP contribution in [0.3, 0.4) is 0 Å². The normalized spacial score (nSPS) is 15.6. The molecule has 0 aliphatic heterocycles. The third-order valence-corrected chi connectivity index (χ3v) is 5.79. The summed E-state index contributed by atoms with van der Waals surface area (Å²) >= 11 is 0. The summed E-state index contributed by atoms with van der Waals surface area (Å²) in [6, 6.07) is 8.46. The zero-order valence-corrected chi connectivity index (χ0v) is 14.9. The average Bonchev–Trinajstić information content (AvgIpc) is 3.21. The molecule has 1 aromatic carbocycles. The Bertz CT molecular complexity index is 628. The highest BCUT2D eigenvalue weighted by Gasteiger charge is 2.20. The van der Waals surface area contributed by atoms with Crippen LogP contribution in [0.1, 0.15) is 18.4 Å². The number of hydrogen-bond acceptors (Lipinski definition) is 3. The lowest BCUT2D eigenvalue weighted by molar-refractivity contribution is 0.0898. The maximum Gasteiger partial charge on any atom is 0.124 e. The molecule has 0 amide bonds. The number of nitrogens with zero attached hydrogens (tertiary/aromatic N) is 2. The minimum Gasteiger partial charge on any atom is -0.361 e. The van der Waals surface area contributed by atoms with Crippen molar-refractivity contribution in [2.45, 2.75) is 57.8 Å². The monoisotopic (exact) mass is 317 g/mol. The van der Waals surface area contributed by atoms with Crippen LogP contribution in [0.5, 0.6) is 0 Å². The number of ether oxygens (including phenoxy) is 1. The Morgan fingerprint density at radius 1 is 1.32 bits per heavy atom. The van der Waals surface area contributed by atoms with E-state index in [1.54, 1.807) is 0 Å². The first-order chi connectivity index (χ1) is 10.5. The van der Waals surface area contributed by atoms with Gasteiger partial charge in [0.05, 0.1) is 17.4 Å². The molecule has 1 aromatic heterocycles. The second kappa shape index (κ2) is 6.52. The number of benzene rings is 1. The van der Waals surface area contributed by atoms with E-state index < -0.39 is 8.07 Å². The van der Waals surface area contributed by atoms with Gasteiger partial charge >= 0.3 is 0 Å². The maximum atomic E-state index is 5.85. The molecule has 0 unspecified atom stereocenters. The highest BCUT2D eigenvalue weighted by atomic mass is 28.3. The minimum atomic E-state index is -1.02. The van der Waals surface area contributed by atoms with Crippen LogP contribution in [0.2, 0.25) is 25.7 Å². The maximum absolute atomic E-state index is 5.85. The number of fused-ring (bicyclic) bond motifs is 1. The van der Waals surface area contributed by atoms with Crippen LogP contribution in [0, 0.1) is 0 Å². The van der Waals surface area contributed by atoms with Crippen LogP contribution < -0.4 is 5.32 Å². The van der Waals surface area contributed by atoms with E-state index in [-0.39, 0.29) is 0 Å². The minimum absolute atomic E-state index is 0.598. The van der Waals surface area contributed by atoms with Crippen LogP contribution in [-0.2, 0) is 18.0 Å². The lowest BCUT2D eigenvalue weighted by atomic mass is 10.2. The van der Waals surface area contributed by atoms with Crippen molar-refractivity contribution in [3.63, 3.8) is 0 Å². The van der Waals surface area contributed by atoms with E-state index in [0.29, 0.717) is 6.73 Å². The Morgan fingerprint density at radius 3 is 2.86 bits per heavy atom. The summed E-state index contributed by atoms with van der Waals surface area (Å²) in [5.41, 5.74) is 3.54. The molecule has 3 rings (SSSR count). The predicted molar refractivity (Wildman–Crippen MR) is 93.7 cm³/mol. The highest BCUT2D eigenvalue weighted by Crippen LogP contribution is 2.20. The van der Waals surface area contributed by atoms with Gasteiger partial charge in [0.15, 0.2) is 0 Å². The summed E-state index contributed by atoms with van der Waals surface area (Å²) in [4.78, 5) is 4.47. The fourth-order valence-corrected chi connectivity index (χ4v) is 3.16. The van der Waals surface area contributed by atoms with Crippen LogP contribution in [0.4, 0.5) is 0 Å². The Labute approximate surface area is 133 Å². The van der Waals surface area contributed by atoms with Crippen molar-refractivity contribution in [1.82, 2.24) is 14.9 Å². The smallest absolute Gasteiger partial charge is 0.124 e. The molecule has 2 aromatic rings.